The zero-order valence-corrected chi connectivity index (χ0v) is 12.0. The third-order valence-electron chi connectivity index (χ3n) is 4.19. The van der Waals surface area contributed by atoms with Crippen LogP contribution in [-0.4, -0.2) is 23.0 Å². The third kappa shape index (κ3) is 2.23. The Morgan fingerprint density at radius 2 is 1.95 bits per heavy atom. The lowest BCUT2D eigenvalue weighted by Crippen LogP contribution is -2.47. The van der Waals surface area contributed by atoms with E-state index in [9.17, 15) is 10.1 Å². The molecular formula is C13H16BrN3O2. The number of piperidine rings is 1. The summed E-state index contributed by atoms with van der Waals surface area (Å²) in [7, 11) is 0. The van der Waals surface area contributed by atoms with Gasteiger partial charge in [-0.25, -0.2) is 0 Å². The van der Waals surface area contributed by atoms with E-state index < -0.39 is 0 Å². The second-order valence-corrected chi connectivity index (χ2v) is 6.27. The number of nitrogens with two attached hydrogens (primary N) is 1. The van der Waals surface area contributed by atoms with E-state index in [1.807, 2.05) is 6.07 Å². The number of hydrogen-bond acceptors (Lipinski definition) is 4. The van der Waals surface area contributed by atoms with Crippen LogP contribution in [-0.2, 0) is 0 Å². The lowest BCUT2D eigenvalue weighted by molar-refractivity contribution is -0.385. The lowest BCUT2D eigenvalue weighted by atomic mass is 9.97. The van der Waals surface area contributed by atoms with Gasteiger partial charge in [0.1, 0.15) is 0 Å². The maximum atomic E-state index is 11.0. The van der Waals surface area contributed by atoms with Gasteiger partial charge in [0.05, 0.1) is 9.40 Å². The first kappa shape index (κ1) is 12.9. The van der Waals surface area contributed by atoms with Gasteiger partial charge in [-0.05, 0) is 53.7 Å². The second-order valence-electron chi connectivity index (χ2n) is 5.42. The number of nitro benzene ring substituents is 1. The molecule has 0 amide bonds. The molecule has 19 heavy (non-hydrogen) atoms. The Labute approximate surface area is 120 Å². The van der Waals surface area contributed by atoms with Crippen LogP contribution in [0, 0.1) is 10.1 Å². The van der Waals surface area contributed by atoms with Crippen molar-refractivity contribution < 1.29 is 4.92 Å². The molecule has 2 N–H and O–H groups in total. The zero-order chi connectivity index (χ0) is 13.6. The fourth-order valence-corrected chi connectivity index (χ4v) is 3.83. The van der Waals surface area contributed by atoms with Gasteiger partial charge in [0.25, 0.3) is 5.69 Å². The van der Waals surface area contributed by atoms with E-state index in [0.29, 0.717) is 16.6 Å². The topological polar surface area (TPSA) is 72.4 Å². The Kier molecular flexibility index (Phi) is 3.22. The zero-order valence-electron chi connectivity index (χ0n) is 10.5. The molecule has 6 heteroatoms. The summed E-state index contributed by atoms with van der Waals surface area (Å²) in [6.45, 7) is 0. The summed E-state index contributed by atoms with van der Waals surface area (Å²) in [6, 6.07) is 6.55. The Morgan fingerprint density at radius 3 is 2.53 bits per heavy atom. The van der Waals surface area contributed by atoms with Crippen molar-refractivity contribution in [1.29, 1.82) is 0 Å². The Bertz CT molecular complexity index is 509. The number of halogens is 1. The molecule has 1 aromatic rings. The van der Waals surface area contributed by atoms with E-state index in [1.54, 1.807) is 12.1 Å². The second kappa shape index (κ2) is 4.76. The third-order valence-corrected chi connectivity index (χ3v) is 4.86. The van der Waals surface area contributed by atoms with Gasteiger partial charge < -0.3 is 10.6 Å². The summed E-state index contributed by atoms with van der Waals surface area (Å²) in [5.74, 6) is 0. The van der Waals surface area contributed by atoms with Crippen molar-refractivity contribution in [2.24, 2.45) is 5.73 Å². The van der Waals surface area contributed by atoms with Crippen LogP contribution in [0.25, 0.3) is 0 Å². The molecule has 2 atom stereocenters. The van der Waals surface area contributed by atoms with Crippen molar-refractivity contribution in [2.75, 3.05) is 4.90 Å². The number of benzene rings is 1. The predicted molar refractivity (Wildman–Crippen MR) is 77.3 cm³/mol. The van der Waals surface area contributed by atoms with Gasteiger partial charge in [0, 0.05) is 29.9 Å². The molecule has 2 aliphatic rings. The standard InChI is InChI=1S/C13H16BrN3O2/c14-12-4-3-11(7-13(12)17(18)19)16-9-1-2-10(16)6-8(15)5-9/h3-4,7-10H,1-2,5-6,15H2. The minimum atomic E-state index is -0.342. The highest BCUT2D eigenvalue weighted by Gasteiger charge is 2.40. The van der Waals surface area contributed by atoms with E-state index >= 15 is 0 Å². The average Bonchev–Trinajstić information content (AvgIpc) is 2.63. The van der Waals surface area contributed by atoms with Crippen LogP contribution in [0.3, 0.4) is 0 Å². The van der Waals surface area contributed by atoms with Crippen molar-refractivity contribution >= 4 is 27.3 Å². The Morgan fingerprint density at radius 1 is 1.32 bits per heavy atom. The molecule has 0 aromatic heterocycles. The molecule has 1 aromatic carbocycles. The first-order chi connectivity index (χ1) is 9.06. The minimum absolute atomic E-state index is 0.131. The van der Waals surface area contributed by atoms with Crippen LogP contribution < -0.4 is 10.6 Å². The van der Waals surface area contributed by atoms with E-state index in [4.69, 9.17) is 5.73 Å². The fourth-order valence-electron chi connectivity index (χ4n) is 3.44. The van der Waals surface area contributed by atoms with E-state index in [1.165, 1.54) is 0 Å². The maximum Gasteiger partial charge on any atom is 0.285 e. The van der Waals surface area contributed by atoms with Gasteiger partial charge in [0.15, 0.2) is 0 Å². The molecule has 2 bridgehead atoms. The van der Waals surface area contributed by atoms with Crippen LogP contribution in [0.4, 0.5) is 11.4 Å². The number of nitro groups is 1. The van der Waals surface area contributed by atoms with Crippen LogP contribution in [0.15, 0.2) is 22.7 Å². The molecule has 2 heterocycles. The Hall–Kier alpha value is -1.14. The molecule has 0 aliphatic carbocycles. The molecule has 3 rings (SSSR count). The lowest BCUT2D eigenvalue weighted by Gasteiger charge is -2.39. The summed E-state index contributed by atoms with van der Waals surface area (Å²) < 4.78 is 0.530. The monoisotopic (exact) mass is 325 g/mol. The van der Waals surface area contributed by atoms with Crippen molar-refractivity contribution in [3.63, 3.8) is 0 Å². The first-order valence-electron chi connectivity index (χ1n) is 6.54. The van der Waals surface area contributed by atoms with Crippen LogP contribution in [0.2, 0.25) is 0 Å². The first-order valence-corrected chi connectivity index (χ1v) is 7.33. The SMILES string of the molecule is NC1CC2CCC(C1)N2c1ccc(Br)c([N+](=O)[O-])c1. The molecule has 2 aliphatic heterocycles. The van der Waals surface area contributed by atoms with Gasteiger partial charge in [-0.15, -0.1) is 0 Å². The quantitative estimate of drug-likeness (QED) is 0.670. The molecule has 0 spiro atoms. The van der Waals surface area contributed by atoms with Crippen molar-refractivity contribution in [3.05, 3.63) is 32.8 Å². The summed E-state index contributed by atoms with van der Waals surface area (Å²) in [5.41, 5.74) is 7.14. The predicted octanol–water partition coefficient (Wildman–Crippen LogP) is 2.82. The summed E-state index contributed by atoms with van der Waals surface area (Å²) in [4.78, 5) is 13.0. The van der Waals surface area contributed by atoms with Gasteiger partial charge in [0.2, 0.25) is 0 Å². The normalized spacial score (nSPS) is 29.6. The molecule has 0 saturated carbocycles. The fraction of sp³-hybridized carbons (Fsp3) is 0.538. The number of rotatable bonds is 2. The van der Waals surface area contributed by atoms with Gasteiger partial charge in [-0.3, -0.25) is 10.1 Å². The minimum Gasteiger partial charge on any atom is -0.365 e. The molecule has 102 valence electrons. The summed E-state index contributed by atoms with van der Waals surface area (Å²) >= 11 is 3.23. The van der Waals surface area contributed by atoms with Gasteiger partial charge >= 0.3 is 0 Å². The highest BCUT2D eigenvalue weighted by molar-refractivity contribution is 9.10. The van der Waals surface area contributed by atoms with Gasteiger partial charge in [-0.1, -0.05) is 0 Å². The highest BCUT2D eigenvalue weighted by Crippen LogP contribution is 2.40. The van der Waals surface area contributed by atoms with Crippen molar-refractivity contribution in [3.8, 4) is 0 Å². The smallest absolute Gasteiger partial charge is 0.285 e. The maximum absolute atomic E-state index is 11.0. The van der Waals surface area contributed by atoms with E-state index in [2.05, 4.69) is 20.8 Å². The molecule has 5 nitrogen and oxygen atoms in total. The highest BCUT2D eigenvalue weighted by atomic mass is 79.9. The van der Waals surface area contributed by atoms with Crippen LogP contribution >= 0.6 is 15.9 Å². The van der Waals surface area contributed by atoms with Gasteiger partial charge in [-0.2, -0.15) is 0 Å². The average molecular weight is 326 g/mol. The number of anilines is 1. The van der Waals surface area contributed by atoms with E-state index in [-0.39, 0.29) is 16.7 Å². The van der Waals surface area contributed by atoms with Crippen molar-refractivity contribution in [1.82, 2.24) is 0 Å². The largest absolute Gasteiger partial charge is 0.365 e. The molecular weight excluding hydrogens is 310 g/mol. The Balaban J connectivity index is 1.95. The van der Waals surface area contributed by atoms with E-state index in [0.717, 1.165) is 31.4 Å². The molecule has 2 saturated heterocycles. The summed E-state index contributed by atoms with van der Waals surface area (Å²) in [5, 5.41) is 11.0. The van der Waals surface area contributed by atoms with Crippen LogP contribution in [0.5, 0.6) is 0 Å². The molecule has 2 unspecified atom stereocenters. The number of fused-ring (bicyclic) bond motifs is 2. The van der Waals surface area contributed by atoms with Crippen molar-refractivity contribution in [2.45, 2.75) is 43.8 Å². The molecule has 2 fully saturated rings. The summed E-state index contributed by atoms with van der Waals surface area (Å²) in [6.07, 6.45) is 4.26. The number of nitrogens with zero attached hydrogens (tertiary/aromatic N) is 2. The van der Waals surface area contributed by atoms with Crippen LogP contribution in [0.1, 0.15) is 25.7 Å². The number of hydrogen-bond donors (Lipinski definition) is 1. The molecule has 0 radical (unpaired) electrons.